The second-order valence-electron chi connectivity index (χ2n) is 6.80. The zero-order valence-corrected chi connectivity index (χ0v) is 17.1. The fraction of sp³-hybridized carbons (Fsp3) is 0.647. The van der Waals surface area contributed by atoms with Crippen molar-refractivity contribution in [3.63, 3.8) is 0 Å². The van der Waals surface area contributed by atoms with Crippen LogP contribution in [0.2, 0.25) is 0 Å². The minimum absolute atomic E-state index is 0.00332. The summed E-state index contributed by atoms with van der Waals surface area (Å²) in [7, 11) is 0. The third kappa shape index (κ3) is 12.8. The number of nitrogens with two attached hydrogens (primary N) is 4. The third-order valence-electron chi connectivity index (χ3n) is 4.08. The normalized spacial score (nSPS) is 13.4. The van der Waals surface area contributed by atoms with Gasteiger partial charge in [0.05, 0.1) is 19.0 Å². The molecule has 3 atom stereocenters. The third-order valence-corrected chi connectivity index (χ3v) is 4.08. The van der Waals surface area contributed by atoms with Gasteiger partial charge in [-0.05, 0) is 32.2 Å². The topological polar surface area (TPSA) is 263 Å². The van der Waals surface area contributed by atoms with E-state index in [0.29, 0.717) is 19.4 Å². The maximum Gasteiger partial charge on any atom is 0.326 e. The number of amides is 5. The monoisotopic (exact) mass is 445 g/mol. The first-order valence-corrected chi connectivity index (χ1v) is 9.60. The smallest absolute Gasteiger partial charge is 0.326 e. The molecule has 0 aromatic rings. The van der Waals surface area contributed by atoms with E-state index in [1.165, 1.54) is 0 Å². The highest BCUT2D eigenvalue weighted by atomic mass is 16.4. The summed E-state index contributed by atoms with van der Waals surface area (Å²) in [6.07, 6.45) is 0.429. The Morgan fingerprint density at radius 3 is 2.00 bits per heavy atom. The van der Waals surface area contributed by atoms with Crippen molar-refractivity contribution < 1.29 is 33.9 Å². The molecule has 0 saturated carbocycles. The molecule has 5 amide bonds. The first-order chi connectivity index (χ1) is 14.5. The second-order valence-corrected chi connectivity index (χ2v) is 6.80. The Bertz CT molecular complexity index is 671. The van der Waals surface area contributed by atoms with Crippen LogP contribution in [0, 0.1) is 0 Å². The number of primary amides is 2. The van der Waals surface area contributed by atoms with E-state index in [4.69, 9.17) is 28.0 Å². The lowest BCUT2D eigenvalue weighted by molar-refractivity contribution is -0.143. The highest BCUT2D eigenvalue weighted by molar-refractivity contribution is 5.93. The Morgan fingerprint density at radius 2 is 1.48 bits per heavy atom. The Labute approximate surface area is 178 Å². The van der Waals surface area contributed by atoms with Crippen LogP contribution in [0.4, 0.5) is 0 Å². The van der Waals surface area contributed by atoms with Crippen molar-refractivity contribution in [2.45, 2.75) is 56.7 Å². The molecular formula is C17H31N7O7. The molecule has 14 nitrogen and oxygen atoms in total. The van der Waals surface area contributed by atoms with E-state index in [1.807, 2.05) is 0 Å². The molecule has 0 aliphatic rings. The molecule has 12 N–H and O–H groups in total. The van der Waals surface area contributed by atoms with Crippen LogP contribution < -0.4 is 38.9 Å². The maximum absolute atomic E-state index is 12.4. The van der Waals surface area contributed by atoms with Gasteiger partial charge in [0.25, 0.3) is 0 Å². The number of hydrogen-bond donors (Lipinski definition) is 8. The number of hydrogen-bond acceptors (Lipinski definition) is 8. The minimum Gasteiger partial charge on any atom is -0.480 e. The summed E-state index contributed by atoms with van der Waals surface area (Å²) in [5.74, 6) is -5.26. The van der Waals surface area contributed by atoms with E-state index < -0.39 is 66.6 Å². The molecule has 0 aliphatic heterocycles. The molecule has 0 heterocycles. The van der Waals surface area contributed by atoms with Crippen LogP contribution in [0.15, 0.2) is 0 Å². The summed E-state index contributed by atoms with van der Waals surface area (Å²) >= 11 is 0. The first-order valence-electron chi connectivity index (χ1n) is 9.60. The van der Waals surface area contributed by atoms with Gasteiger partial charge in [-0.15, -0.1) is 0 Å². The molecule has 0 aliphatic carbocycles. The van der Waals surface area contributed by atoms with E-state index in [0.717, 1.165) is 0 Å². The summed E-state index contributed by atoms with van der Waals surface area (Å²) in [6, 6.07) is -3.73. The molecule has 0 rings (SSSR count). The number of carboxylic acids is 1. The predicted molar refractivity (Wildman–Crippen MR) is 108 cm³/mol. The van der Waals surface area contributed by atoms with E-state index in [9.17, 15) is 28.8 Å². The fourth-order valence-electron chi connectivity index (χ4n) is 2.41. The summed E-state index contributed by atoms with van der Waals surface area (Å²) in [6.45, 7) is -0.158. The van der Waals surface area contributed by atoms with Gasteiger partial charge >= 0.3 is 5.97 Å². The number of carboxylic acid groups (broad SMARTS) is 1. The summed E-state index contributed by atoms with van der Waals surface area (Å²) < 4.78 is 0. The zero-order chi connectivity index (χ0) is 24.0. The number of carbonyl (C=O) groups is 6. The molecule has 0 aromatic carbocycles. The average molecular weight is 445 g/mol. The molecule has 0 saturated heterocycles. The quantitative estimate of drug-likeness (QED) is 0.107. The van der Waals surface area contributed by atoms with Crippen molar-refractivity contribution in [1.82, 2.24) is 16.0 Å². The number of nitrogens with one attached hydrogen (secondary N) is 3. The molecule has 0 bridgehead atoms. The van der Waals surface area contributed by atoms with Gasteiger partial charge in [-0.25, -0.2) is 4.79 Å². The van der Waals surface area contributed by atoms with Crippen molar-refractivity contribution in [2.24, 2.45) is 22.9 Å². The molecule has 3 unspecified atom stereocenters. The van der Waals surface area contributed by atoms with Crippen LogP contribution >= 0.6 is 0 Å². The number of unbranched alkanes of at least 4 members (excludes halogenated alkanes) is 1. The van der Waals surface area contributed by atoms with Crippen molar-refractivity contribution in [3.8, 4) is 0 Å². The molecule has 0 spiro atoms. The molecule has 31 heavy (non-hydrogen) atoms. The van der Waals surface area contributed by atoms with E-state index in [2.05, 4.69) is 16.0 Å². The first kappa shape index (κ1) is 27.7. The van der Waals surface area contributed by atoms with Gasteiger partial charge < -0.3 is 44.0 Å². The summed E-state index contributed by atoms with van der Waals surface area (Å²) in [5.41, 5.74) is 21.0. The van der Waals surface area contributed by atoms with Crippen molar-refractivity contribution >= 4 is 35.5 Å². The Hall–Kier alpha value is -3.26. The van der Waals surface area contributed by atoms with Gasteiger partial charge in [0.2, 0.25) is 29.5 Å². The van der Waals surface area contributed by atoms with Crippen LogP contribution in [0.1, 0.15) is 38.5 Å². The summed E-state index contributed by atoms with van der Waals surface area (Å²) in [4.78, 5) is 69.3. The zero-order valence-electron chi connectivity index (χ0n) is 17.1. The van der Waals surface area contributed by atoms with E-state index in [1.54, 1.807) is 0 Å². The van der Waals surface area contributed by atoms with Crippen LogP contribution in [0.3, 0.4) is 0 Å². The minimum atomic E-state index is -1.55. The van der Waals surface area contributed by atoms with E-state index >= 15 is 0 Å². The van der Waals surface area contributed by atoms with Gasteiger partial charge in [0, 0.05) is 6.42 Å². The summed E-state index contributed by atoms with van der Waals surface area (Å²) in [5, 5.41) is 15.9. The largest absolute Gasteiger partial charge is 0.480 e. The maximum atomic E-state index is 12.4. The molecular weight excluding hydrogens is 414 g/mol. The SMILES string of the molecule is NCCCCC(NC(=O)CNC(=O)C(N)CCC(N)=O)C(=O)NC(CC(N)=O)C(=O)O. The average Bonchev–Trinajstić information content (AvgIpc) is 2.68. The fourth-order valence-corrected chi connectivity index (χ4v) is 2.41. The lowest BCUT2D eigenvalue weighted by atomic mass is 10.1. The molecule has 176 valence electrons. The van der Waals surface area contributed by atoms with Crippen LogP contribution in [-0.2, 0) is 28.8 Å². The van der Waals surface area contributed by atoms with Gasteiger partial charge in [-0.3, -0.25) is 24.0 Å². The van der Waals surface area contributed by atoms with Gasteiger partial charge in [-0.2, -0.15) is 0 Å². The Balaban J connectivity index is 4.89. The highest BCUT2D eigenvalue weighted by Crippen LogP contribution is 2.03. The van der Waals surface area contributed by atoms with Gasteiger partial charge in [0.15, 0.2) is 0 Å². The molecule has 0 aromatic heterocycles. The lowest BCUT2D eigenvalue weighted by Gasteiger charge is -2.21. The predicted octanol–water partition coefficient (Wildman–Crippen LogP) is -4.25. The number of aliphatic carboxylic acids is 1. The molecule has 0 radical (unpaired) electrons. The lowest BCUT2D eigenvalue weighted by Crippen LogP contribution is -2.54. The van der Waals surface area contributed by atoms with Crippen LogP contribution in [-0.4, -0.2) is 71.8 Å². The van der Waals surface area contributed by atoms with Crippen molar-refractivity contribution in [1.29, 1.82) is 0 Å². The van der Waals surface area contributed by atoms with Crippen LogP contribution in [0.5, 0.6) is 0 Å². The molecule has 0 fully saturated rings. The Kier molecular flexibility index (Phi) is 13.1. The van der Waals surface area contributed by atoms with E-state index in [-0.39, 0.29) is 19.3 Å². The molecule has 14 heteroatoms. The van der Waals surface area contributed by atoms with Crippen molar-refractivity contribution in [3.05, 3.63) is 0 Å². The second kappa shape index (κ2) is 14.7. The Morgan fingerprint density at radius 1 is 0.839 bits per heavy atom. The highest BCUT2D eigenvalue weighted by Gasteiger charge is 2.27. The standard InChI is InChI=1S/C17H31N7O7/c18-6-2-1-3-10(16(29)24-11(17(30)31)7-13(21)26)23-14(27)8-22-15(28)9(19)4-5-12(20)25/h9-11H,1-8,18-19H2,(H2,20,25)(H2,21,26)(H,22,28)(H,23,27)(H,24,29)(H,30,31). The number of carbonyl (C=O) groups excluding carboxylic acids is 5. The van der Waals surface area contributed by atoms with Crippen LogP contribution in [0.25, 0.3) is 0 Å². The number of rotatable bonds is 16. The van der Waals surface area contributed by atoms with Gasteiger partial charge in [-0.1, -0.05) is 0 Å². The van der Waals surface area contributed by atoms with Crippen molar-refractivity contribution in [2.75, 3.05) is 13.1 Å². The van der Waals surface area contributed by atoms with Gasteiger partial charge in [0.1, 0.15) is 12.1 Å².